The maximum Gasteiger partial charge on any atom is 0.238 e. The highest BCUT2D eigenvalue weighted by atomic mass is 35.5. The number of carbonyl (C=O) groups excluding carboxylic acids is 1. The summed E-state index contributed by atoms with van der Waals surface area (Å²) in [7, 11) is 1.72. The van der Waals surface area contributed by atoms with Crippen LogP contribution in [0, 0.1) is 13.8 Å². The molecular formula is C18H27ClN2O2. The lowest BCUT2D eigenvalue weighted by atomic mass is 9.93. The van der Waals surface area contributed by atoms with Gasteiger partial charge in [0.25, 0.3) is 0 Å². The first-order valence-electron chi connectivity index (χ1n) is 8.26. The number of carbonyl (C=O) groups is 1. The number of aryl methyl sites for hydroxylation is 2. The van der Waals surface area contributed by atoms with E-state index in [1.54, 1.807) is 7.11 Å². The average molecular weight is 339 g/mol. The van der Waals surface area contributed by atoms with Crippen LogP contribution < -0.4 is 10.6 Å². The van der Waals surface area contributed by atoms with E-state index in [1.165, 1.54) is 12.8 Å². The number of nitrogens with one attached hydrogen (secondary N) is 2. The van der Waals surface area contributed by atoms with Crippen LogP contribution in [0.4, 0.5) is 5.69 Å². The Hall–Kier alpha value is -1.10. The molecule has 2 rings (SSSR count). The van der Waals surface area contributed by atoms with Gasteiger partial charge in [0, 0.05) is 19.3 Å². The van der Waals surface area contributed by atoms with E-state index in [1.807, 2.05) is 26.0 Å². The van der Waals surface area contributed by atoms with E-state index in [2.05, 4.69) is 10.6 Å². The predicted molar refractivity (Wildman–Crippen MR) is 95.3 cm³/mol. The Morgan fingerprint density at radius 2 is 2.00 bits per heavy atom. The fourth-order valence-electron chi connectivity index (χ4n) is 3.39. The Morgan fingerprint density at radius 3 is 2.61 bits per heavy atom. The number of methoxy groups -OCH3 is 1. The van der Waals surface area contributed by atoms with Crippen molar-refractivity contribution in [2.75, 3.05) is 25.6 Å². The van der Waals surface area contributed by atoms with Crippen molar-refractivity contribution in [2.45, 2.75) is 51.5 Å². The number of rotatable bonds is 7. The molecule has 0 radical (unpaired) electrons. The fraction of sp³-hybridized carbons (Fsp3) is 0.611. The Kier molecular flexibility index (Phi) is 6.45. The maximum atomic E-state index is 12.3. The highest BCUT2D eigenvalue weighted by Crippen LogP contribution is 2.32. The van der Waals surface area contributed by atoms with Gasteiger partial charge in [0.15, 0.2) is 0 Å². The summed E-state index contributed by atoms with van der Waals surface area (Å²) in [5, 5.41) is 6.99. The molecule has 0 bridgehead atoms. The van der Waals surface area contributed by atoms with Crippen LogP contribution in [0.5, 0.6) is 0 Å². The largest absolute Gasteiger partial charge is 0.385 e. The molecule has 0 atom stereocenters. The summed E-state index contributed by atoms with van der Waals surface area (Å²) >= 11 is 6.25. The van der Waals surface area contributed by atoms with Crippen LogP contribution in [0.25, 0.3) is 0 Å². The van der Waals surface area contributed by atoms with E-state index in [-0.39, 0.29) is 11.4 Å². The Labute approximate surface area is 143 Å². The second-order valence-electron chi connectivity index (χ2n) is 6.57. The van der Waals surface area contributed by atoms with Gasteiger partial charge in [0.05, 0.1) is 17.3 Å². The minimum absolute atomic E-state index is 0.0411. The molecule has 1 saturated carbocycles. The van der Waals surface area contributed by atoms with Gasteiger partial charge in [0.1, 0.15) is 0 Å². The minimum atomic E-state index is -0.0532. The molecule has 0 heterocycles. The molecule has 1 amide bonds. The van der Waals surface area contributed by atoms with Gasteiger partial charge in [0.2, 0.25) is 5.91 Å². The quantitative estimate of drug-likeness (QED) is 0.794. The van der Waals surface area contributed by atoms with Gasteiger partial charge in [-0.1, -0.05) is 30.5 Å². The molecule has 1 aromatic rings. The summed E-state index contributed by atoms with van der Waals surface area (Å²) in [5.74, 6) is -0.0532. The predicted octanol–water partition coefficient (Wildman–Crippen LogP) is 3.83. The van der Waals surface area contributed by atoms with Crippen LogP contribution in [0.3, 0.4) is 0 Å². The zero-order valence-corrected chi connectivity index (χ0v) is 15.1. The van der Waals surface area contributed by atoms with Crippen molar-refractivity contribution in [1.29, 1.82) is 0 Å². The van der Waals surface area contributed by atoms with Gasteiger partial charge in [-0.15, -0.1) is 0 Å². The molecule has 0 spiro atoms. The SMILES string of the molecule is COCCC1(NCC(=O)Nc2c(C)cc(C)cc2Cl)CCCC1. The maximum absolute atomic E-state index is 12.3. The number of hydrogen-bond donors (Lipinski definition) is 2. The van der Waals surface area contributed by atoms with E-state index < -0.39 is 0 Å². The monoisotopic (exact) mass is 338 g/mol. The van der Waals surface area contributed by atoms with Crippen molar-refractivity contribution in [3.05, 3.63) is 28.3 Å². The van der Waals surface area contributed by atoms with E-state index in [0.29, 0.717) is 17.3 Å². The smallest absolute Gasteiger partial charge is 0.238 e. The van der Waals surface area contributed by atoms with Gasteiger partial charge >= 0.3 is 0 Å². The van der Waals surface area contributed by atoms with Crippen LogP contribution in [-0.2, 0) is 9.53 Å². The lowest BCUT2D eigenvalue weighted by Gasteiger charge is -2.30. The van der Waals surface area contributed by atoms with E-state index in [0.717, 1.165) is 37.0 Å². The zero-order valence-electron chi connectivity index (χ0n) is 14.3. The molecule has 1 aromatic carbocycles. The number of ether oxygens (including phenoxy) is 1. The zero-order chi connectivity index (χ0) is 16.9. The van der Waals surface area contributed by atoms with Crippen LogP contribution >= 0.6 is 11.6 Å². The number of hydrogen-bond acceptors (Lipinski definition) is 3. The first kappa shape index (κ1) is 18.2. The number of amides is 1. The number of halogens is 1. The molecule has 23 heavy (non-hydrogen) atoms. The molecule has 1 fully saturated rings. The summed E-state index contributed by atoms with van der Waals surface area (Å²) in [5.41, 5.74) is 2.83. The third kappa shape index (κ3) is 4.93. The third-order valence-corrected chi connectivity index (χ3v) is 4.96. The second kappa shape index (κ2) is 8.13. The van der Waals surface area contributed by atoms with Crippen LogP contribution in [0.1, 0.15) is 43.2 Å². The second-order valence-corrected chi connectivity index (χ2v) is 6.98. The van der Waals surface area contributed by atoms with Crippen molar-refractivity contribution in [3.8, 4) is 0 Å². The summed E-state index contributed by atoms with van der Waals surface area (Å²) in [6, 6.07) is 3.89. The molecular weight excluding hydrogens is 312 g/mol. The van der Waals surface area contributed by atoms with Crippen molar-refractivity contribution in [1.82, 2.24) is 5.32 Å². The first-order chi connectivity index (χ1) is 11.0. The molecule has 4 nitrogen and oxygen atoms in total. The minimum Gasteiger partial charge on any atom is -0.385 e. The molecule has 2 N–H and O–H groups in total. The normalized spacial score (nSPS) is 16.5. The van der Waals surface area contributed by atoms with Crippen molar-refractivity contribution in [3.63, 3.8) is 0 Å². The Morgan fingerprint density at radius 1 is 1.30 bits per heavy atom. The summed E-state index contributed by atoms with van der Waals surface area (Å²) in [6.07, 6.45) is 5.57. The van der Waals surface area contributed by atoms with Crippen molar-refractivity contribution < 1.29 is 9.53 Å². The highest BCUT2D eigenvalue weighted by molar-refractivity contribution is 6.34. The Balaban J connectivity index is 1.94. The van der Waals surface area contributed by atoms with Gasteiger partial charge in [-0.05, 0) is 50.3 Å². The van der Waals surface area contributed by atoms with Gasteiger partial charge in [-0.25, -0.2) is 0 Å². The number of anilines is 1. The molecule has 1 aliphatic rings. The van der Waals surface area contributed by atoms with Crippen molar-refractivity contribution >= 4 is 23.2 Å². The van der Waals surface area contributed by atoms with E-state index in [9.17, 15) is 4.79 Å². The molecule has 0 aromatic heterocycles. The average Bonchev–Trinajstić information content (AvgIpc) is 2.96. The Bertz CT molecular complexity index is 531. The molecule has 0 aliphatic heterocycles. The molecule has 0 saturated heterocycles. The van der Waals surface area contributed by atoms with Crippen LogP contribution in [0.2, 0.25) is 5.02 Å². The molecule has 5 heteroatoms. The van der Waals surface area contributed by atoms with Crippen LogP contribution in [0.15, 0.2) is 12.1 Å². The van der Waals surface area contributed by atoms with Crippen LogP contribution in [-0.4, -0.2) is 31.7 Å². The topological polar surface area (TPSA) is 50.4 Å². The first-order valence-corrected chi connectivity index (χ1v) is 8.64. The molecule has 128 valence electrons. The lowest BCUT2D eigenvalue weighted by molar-refractivity contribution is -0.115. The fourth-order valence-corrected chi connectivity index (χ4v) is 3.76. The van der Waals surface area contributed by atoms with E-state index >= 15 is 0 Å². The molecule has 0 unspecified atom stereocenters. The molecule has 1 aliphatic carbocycles. The van der Waals surface area contributed by atoms with Gasteiger partial charge < -0.3 is 15.4 Å². The third-order valence-electron chi connectivity index (χ3n) is 4.67. The summed E-state index contributed by atoms with van der Waals surface area (Å²) in [4.78, 5) is 12.3. The van der Waals surface area contributed by atoms with Gasteiger partial charge in [-0.3, -0.25) is 4.79 Å². The van der Waals surface area contributed by atoms with E-state index in [4.69, 9.17) is 16.3 Å². The van der Waals surface area contributed by atoms with Gasteiger partial charge in [-0.2, -0.15) is 0 Å². The summed E-state index contributed by atoms with van der Waals surface area (Å²) < 4.78 is 5.22. The number of benzene rings is 1. The lowest BCUT2D eigenvalue weighted by Crippen LogP contribution is -2.47. The standard InChI is InChI=1S/C18H27ClN2O2/c1-13-10-14(2)17(15(19)11-13)21-16(22)12-20-18(8-9-23-3)6-4-5-7-18/h10-11,20H,4-9,12H2,1-3H3,(H,21,22). The van der Waals surface area contributed by atoms with Crippen molar-refractivity contribution in [2.24, 2.45) is 0 Å². The summed E-state index contributed by atoms with van der Waals surface area (Å²) in [6.45, 7) is 4.97. The highest BCUT2D eigenvalue weighted by Gasteiger charge is 2.33.